The SMILES string of the molecule is O=C(c1cnc2ccccc2c1)C1NC(=O)C2CCCCC2N1. The van der Waals surface area contributed by atoms with Gasteiger partial charge in [-0.1, -0.05) is 31.0 Å². The highest BCUT2D eigenvalue weighted by atomic mass is 16.2. The number of Topliss-reactive ketones (excluding diaryl/α,β-unsaturated/α-hetero) is 1. The standard InChI is InChI=1S/C18H19N3O2/c22-16(12-9-11-5-1-3-7-14(11)19-10-12)17-20-15-8-4-2-6-13(15)18(23)21-17/h1,3,5,7,9-10,13,15,17,20H,2,4,6,8H2,(H,21,23). The summed E-state index contributed by atoms with van der Waals surface area (Å²) in [6.07, 6.45) is 5.00. The molecule has 5 nitrogen and oxygen atoms in total. The smallest absolute Gasteiger partial charge is 0.226 e. The molecule has 3 atom stereocenters. The van der Waals surface area contributed by atoms with Gasteiger partial charge in [-0.15, -0.1) is 0 Å². The summed E-state index contributed by atoms with van der Waals surface area (Å²) in [7, 11) is 0. The summed E-state index contributed by atoms with van der Waals surface area (Å²) in [6, 6.07) is 9.64. The fraction of sp³-hybridized carbons (Fsp3) is 0.389. The number of fused-ring (bicyclic) bond motifs is 2. The number of hydrogen-bond donors (Lipinski definition) is 2. The molecule has 118 valence electrons. The minimum absolute atomic E-state index is 0.000508. The molecule has 2 aromatic rings. The molecule has 0 radical (unpaired) electrons. The molecule has 1 aromatic carbocycles. The van der Waals surface area contributed by atoms with Crippen LogP contribution < -0.4 is 10.6 Å². The van der Waals surface area contributed by atoms with E-state index in [0.717, 1.165) is 36.6 Å². The number of carbonyl (C=O) groups is 2. The fourth-order valence-corrected chi connectivity index (χ4v) is 3.66. The number of nitrogens with zero attached hydrogens (tertiary/aromatic N) is 1. The minimum Gasteiger partial charge on any atom is -0.333 e. The zero-order valence-corrected chi connectivity index (χ0v) is 12.8. The molecule has 0 bridgehead atoms. The lowest BCUT2D eigenvalue weighted by Crippen LogP contribution is -2.64. The van der Waals surface area contributed by atoms with Gasteiger partial charge in [0.25, 0.3) is 0 Å². The summed E-state index contributed by atoms with van der Waals surface area (Å²) >= 11 is 0. The van der Waals surface area contributed by atoms with Crippen LogP contribution in [0, 0.1) is 5.92 Å². The summed E-state index contributed by atoms with van der Waals surface area (Å²) in [5, 5.41) is 7.08. The lowest BCUT2D eigenvalue weighted by molar-refractivity contribution is -0.130. The average Bonchev–Trinajstić information content (AvgIpc) is 2.60. The Hall–Kier alpha value is -2.27. The van der Waals surface area contributed by atoms with E-state index in [-0.39, 0.29) is 23.7 Å². The van der Waals surface area contributed by atoms with Crippen molar-refractivity contribution in [1.29, 1.82) is 0 Å². The van der Waals surface area contributed by atoms with Crippen LogP contribution in [0.25, 0.3) is 10.9 Å². The quantitative estimate of drug-likeness (QED) is 0.833. The number of carbonyl (C=O) groups excluding carboxylic acids is 2. The number of pyridine rings is 1. The summed E-state index contributed by atoms with van der Waals surface area (Å²) in [4.78, 5) is 29.4. The normalized spacial score (nSPS) is 27.3. The van der Waals surface area contributed by atoms with E-state index in [2.05, 4.69) is 15.6 Å². The third-order valence-electron chi connectivity index (χ3n) is 4.91. The highest BCUT2D eigenvalue weighted by Gasteiger charge is 2.39. The maximum Gasteiger partial charge on any atom is 0.226 e. The van der Waals surface area contributed by atoms with E-state index in [1.807, 2.05) is 30.3 Å². The molecule has 2 fully saturated rings. The Kier molecular flexibility index (Phi) is 3.58. The maximum absolute atomic E-state index is 12.7. The predicted octanol–water partition coefficient (Wildman–Crippen LogP) is 2.02. The van der Waals surface area contributed by atoms with Gasteiger partial charge < -0.3 is 5.32 Å². The van der Waals surface area contributed by atoms with E-state index < -0.39 is 6.17 Å². The van der Waals surface area contributed by atoms with E-state index in [1.54, 1.807) is 6.20 Å². The molecular weight excluding hydrogens is 290 g/mol. The number of rotatable bonds is 2. The van der Waals surface area contributed by atoms with Gasteiger partial charge in [-0.05, 0) is 25.0 Å². The van der Waals surface area contributed by atoms with Gasteiger partial charge >= 0.3 is 0 Å². The number of benzene rings is 1. The monoisotopic (exact) mass is 309 g/mol. The molecule has 1 aliphatic carbocycles. The zero-order valence-electron chi connectivity index (χ0n) is 12.8. The number of aromatic nitrogens is 1. The van der Waals surface area contributed by atoms with Crippen molar-refractivity contribution in [2.45, 2.75) is 37.9 Å². The first kappa shape index (κ1) is 14.3. The Bertz CT molecular complexity index is 774. The molecule has 5 heteroatoms. The van der Waals surface area contributed by atoms with Crippen LogP contribution in [0.2, 0.25) is 0 Å². The third kappa shape index (κ3) is 2.61. The second-order valence-corrected chi connectivity index (χ2v) is 6.39. The van der Waals surface area contributed by atoms with E-state index in [0.29, 0.717) is 5.56 Å². The molecule has 1 amide bonds. The Morgan fingerprint density at radius 2 is 2.00 bits per heavy atom. The molecule has 1 aromatic heterocycles. The Morgan fingerprint density at radius 3 is 2.91 bits per heavy atom. The predicted molar refractivity (Wildman–Crippen MR) is 86.9 cm³/mol. The van der Waals surface area contributed by atoms with Crippen LogP contribution in [0.15, 0.2) is 36.5 Å². The van der Waals surface area contributed by atoms with Crippen LogP contribution in [0.3, 0.4) is 0 Å². The number of nitrogens with one attached hydrogen (secondary N) is 2. The highest BCUT2D eigenvalue weighted by Crippen LogP contribution is 2.27. The van der Waals surface area contributed by atoms with Crippen molar-refractivity contribution in [2.24, 2.45) is 5.92 Å². The van der Waals surface area contributed by atoms with E-state index in [9.17, 15) is 9.59 Å². The van der Waals surface area contributed by atoms with Crippen molar-refractivity contribution in [1.82, 2.24) is 15.6 Å². The van der Waals surface area contributed by atoms with Gasteiger partial charge in [0.05, 0.1) is 11.4 Å². The molecule has 1 saturated carbocycles. The first-order valence-corrected chi connectivity index (χ1v) is 8.18. The fourth-order valence-electron chi connectivity index (χ4n) is 3.66. The van der Waals surface area contributed by atoms with Gasteiger partial charge in [-0.25, -0.2) is 0 Å². The molecule has 2 heterocycles. The number of amides is 1. The van der Waals surface area contributed by atoms with E-state index >= 15 is 0 Å². The second-order valence-electron chi connectivity index (χ2n) is 6.39. The molecule has 23 heavy (non-hydrogen) atoms. The zero-order chi connectivity index (χ0) is 15.8. The lowest BCUT2D eigenvalue weighted by Gasteiger charge is -2.39. The van der Waals surface area contributed by atoms with Gasteiger partial charge in [0.2, 0.25) is 11.7 Å². The molecule has 0 spiro atoms. The molecule has 2 aliphatic rings. The number of hydrogen-bond acceptors (Lipinski definition) is 4. The lowest BCUT2D eigenvalue weighted by atomic mass is 9.82. The van der Waals surface area contributed by atoms with Crippen molar-refractivity contribution in [2.75, 3.05) is 0 Å². The first-order valence-electron chi connectivity index (χ1n) is 8.18. The topological polar surface area (TPSA) is 71.1 Å². The molecular formula is C18H19N3O2. The Morgan fingerprint density at radius 1 is 1.17 bits per heavy atom. The minimum atomic E-state index is -0.648. The van der Waals surface area contributed by atoms with Gasteiger partial charge in [0.1, 0.15) is 6.17 Å². The molecule has 1 aliphatic heterocycles. The van der Waals surface area contributed by atoms with Gasteiger partial charge in [0.15, 0.2) is 0 Å². The molecule has 4 rings (SSSR count). The molecule has 3 unspecified atom stereocenters. The van der Waals surface area contributed by atoms with Crippen LogP contribution in [-0.4, -0.2) is 28.9 Å². The summed E-state index contributed by atoms with van der Waals surface area (Å²) < 4.78 is 0. The third-order valence-corrected chi connectivity index (χ3v) is 4.91. The number of para-hydroxylation sites is 1. The van der Waals surface area contributed by atoms with Gasteiger partial charge in [-0.2, -0.15) is 0 Å². The van der Waals surface area contributed by atoms with Crippen LogP contribution >= 0.6 is 0 Å². The first-order chi connectivity index (χ1) is 11.2. The van der Waals surface area contributed by atoms with Crippen molar-refractivity contribution < 1.29 is 9.59 Å². The van der Waals surface area contributed by atoms with E-state index in [4.69, 9.17) is 0 Å². The van der Waals surface area contributed by atoms with Gasteiger partial charge in [0, 0.05) is 23.2 Å². The van der Waals surface area contributed by atoms with Crippen molar-refractivity contribution in [3.63, 3.8) is 0 Å². The number of ketones is 1. The maximum atomic E-state index is 12.7. The average molecular weight is 309 g/mol. The second kappa shape index (κ2) is 5.74. The molecule has 1 saturated heterocycles. The van der Waals surface area contributed by atoms with Crippen LogP contribution in [0.5, 0.6) is 0 Å². The van der Waals surface area contributed by atoms with E-state index in [1.165, 1.54) is 0 Å². The van der Waals surface area contributed by atoms with Gasteiger partial charge in [-0.3, -0.25) is 19.9 Å². The largest absolute Gasteiger partial charge is 0.333 e. The highest BCUT2D eigenvalue weighted by molar-refractivity contribution is 6.04. The Labute approximate surface area is 134 Å². The summed E-state index contributed by atoms with van der Waals surface area (Å²) in [5.41, 5.74) is 1.38. The van der Waals surface area contributed by atoms with Crippen molar-refractivity contribution in [3.05, 3.63) is 42.1 Å². The Balaban J connectivity index is 1.59. The van der Waals surface area contributed by atoms with Crippen LogP contribution in [-0.2, 0) is 4.79 Å². The van der Waals surface area contributed by atoms with Crippen molar-refractivity contribution in [3.8, 4) is 0 Å². The summed E-state index contributed by atoms with van der Waals surface area (Å²) in [5.74, 6) is -0.122. The van der Waals surface area contributed by atoms with Crippen LogP contribution in [0.1, 0.15) is 36.0 Å². The summed E-state index contributed by atoms with van der Waals surface area (Å²) in [6.45, 7) is 0. The van der Waals surface area contributed by atoms with Crippen molar-refractivity contribution >= 4 is 22.6 Å². The molecule has 2 N–H and O–H groups in total. The van der Waals surface area contributed by atoms with Crippen LogP contribution in [0.4, 0.5) is 0 Å².